The summed E-state index contributed by atoms with van der Waals surface area (Å²) in [5.74, 6) is 0. The summed E-state index contributed by atoms with van der Waals surface area (Å²) in [6.45, 7) is 4.13. The number of aromatic nitrogens is 2. The van der Waals surface area contributed by atoms with Gasteiger partial charge in [0.2, 0.25) is 0 Å². The van der Waals surface area contributed by atoms with Gasteiger partial charge < -0.3 is 5.73 Å². The van der Waals surface area contributed by atoms with Gasteiger partial charge >= 0.3 is 6.18 Å². The highest BCUT2D eigenvalue weighted by Gasteiger charge is 2.31. The molecule has 1 unspecified atom stereocenters. The number of nitrogens with zero attached hydrogens (tertiary/aromatic N) is 2. The van der Waals surface area contributed by atoms with Crippen molar-refractivity contribution in [2.45, 2.75) is 39.0 Å². The number of rotatable bonds is 3. The van der Waals surface area contributed by atoms with Crippen molar-refractivity contribution in [3.63, 3.8) is 0 Å². The molecule has 2 N–H and O–H groups in total. The second kappa shape index (κ2) is 4.85. The van der Waals surface area contributed by atoms with Crippen molar-refractivity contribution in [3.05, 3.63) is 29.5 Å². The maximum atomic E-state index is 12.7. The molecule has 0 fully saturated rings. The summed E-state index contributed by atoms with van der Waals surface area (Å²) in [6.07, 6.45) is -3.67. The molecule has 1 aromatic carbocycles. The summed E-state index contributed by atoms with van der Waals surface area (Å²) in [7, 11) is 0. The molecule has 6 heteroatoms. The fourth-order valence-corrected chi connectivity index (χ4v) is 2.09. The minimum atomic E-state index is -4.34. The lowest BCUT2D eigenvalue weighted by atomic mass is 10.1. The minimum Gasteiger partial charge on any atom is -0.326 e. The number of halogens is 3. The van der Waals surface area contributed by atoms with Crippen LogP contribution >= 0.6 is 0 Å². The summed E-state index contributed by atoms with van der Waals surface area (Å²) >= 11 is 0. The summed E-state index contributed by atoms with van der Waals surface area (Å²) in [6, 6.07) is 3.56. The highest BCUT2D eigenvalue weighted by molar-refractivity contribution is 5.82. The topological polar surface area (TPSA) is 43.8 Å². The third-order valence-corrected chi connectivity index (χ3v) is 2.95. The number of aryl methyl sites for hydroxylation is 1. The van der Waals surface area contributed by atoms with Crippen LogP contribution in [0.5, 0.6) is 0 Å². The predicted octanol–water partition coefficient (Wildman–Crippen LogP) is 2.96. The largest absolute Gasteiger partial charge is 0.416 e. The maximum Gasteiger partial charge on any atom is 0.416 e. The Morgan fingerprint density at radius 1 is 1.37 bits per heavy atom. The Morgan fingerprint density at radius 3 is 2.58 bits per heavy atom. The highest BCUT2D eigenvalue weighted by Crippen LogP contribution is 2.32. The van der Waals surface area contributed by atoms with Crippen LogP contribution in [0.2, 0.25) is 0 Å². The number of hydrogen-bond acceptors (Lipinski definition) is 2. The van der Waals surface area contributed by atoms with Crippen LogP contribution in [0.4, 0.5) is 13.2 Å². The first-order valence-electron chi connectivity index (χ1n) is 6.15. The average Bonchev–Trinajstić information content (AvgIpc) is 2.65. The average molecular weight is 271 g/mol. The molecule has 104 valence electrons. The van der Waals surface area contributed by atoms with Gasteiger partial charge in [0.15, 0.2) is 0 Å². The zero-order valence-corrected chi connectivity index (χ0v) is 10.8. The highest BCUT2D eigenvalue weighted by atomic mass is 19.4. The van der Waals surface area contributed by atoms with E-state index in [-0.39, 0.29) is 6.04 Å². The lowest BCUT2D eigenvalue weighted by Gasteiger charge is -2.09. The predicted molar refractivity (Wildman–Crippen MR) is 67.8 cm³/mol. The number of benzene rings is 1. The van der Waals surface area contributed by atoms with Crippen LogP contribution in [0.3, 0.4) is 0 Å². The fraction of sp³-hybridized carbons (Fsp3) is 0.462. The Balaban J connectivity index is 2.61. The molecule has 3 nitrogen and oxygen atoms in total. The van der Waals surface area contributed by atoms with Gasteiger partial charge in [-0.1, -0.05) is 13.0 Å². The van der Waals surface area contributed by atoms with Crippen LogP contribution in [0.25, 0.3) is 10.9 Å². The smallest absolute Gasteiger partial charge is 0.326 e. The molecule has 0 aliphatic carbocycles. The molecular weight excluding hydrogens is 255 g/mol. The third-order valence-electron chi connectivity index (χ3n) is 2.95. The molecule has 0 spiro atoms. The third kappa shape index (κ3) is 2.73. The summed E-state index contributed by atoms with van der Waals surface area (Å²) < 4.78 is 39.8. The SMILES string of the molecule is CCc1nn(CC(C)N)c2cc(C(F)(F)F)ccc12. The standard InChI is InChI=1S/C13H16F3N3/c1-3-11-10-5-4-9(13(14,15)16)6-12(10)19(18-11)7-8(2)17/h4-6,8H,3,7,17H2,1-2H3. The van der Waals surface area contributed by atoms with Gasteiger partial charge in [-0.05, 0) is 25.5 Å². The Bertz CT molecular complexity index is 585. The van der Waals surface area contributed by atoms with E-state index in [2.05, 4.69) is 5.10 Å². The first-order valence-corrected chi connectivity index (χ1v) is 6.15. The van der Waals surface area contributed by atoms with Gasteiger partial charge in [0.05, 0.1) is 23.3 Å². The molecule has 2 aromatic rings. The Hall–Kier alpha value is -1.56. The normalized spacial score (nSPS) is 14.0. The molecule has 0 saturated heterocycles. The molecular formula is C13H16F3N3. The molecule has 0 amide bonds. The van der Waals surface area contributed by atoms with Crippen LogP contribution in [0, 0.1) is 0 Å². The molecule has 2 rings (SSSR count). The summed E-state index contributed by atoms with van der Waals surface area (Å²) in [5, 5.41) is 5.10. The van der Waals surface area contributed by atoms with Crippen molar-refractivity contribution in [2.75, 3.05) is 0 Å². The quantitative estimate of drug-likeness (QED) is 0.932. The van der Waals surface area contributed by atoms with Crippen molar-refractivity contribution in [2.24, 2.45) is 5.73 Å². The number of fused-ring (bicyclic) bond motifs is 1. The zero-order chi connectivity index (χ0) is 14.2. The Kier molecular flexibility index (Phi) is 3.54. The van der Waals surface area contributed by atoms with Crippen LogP contribution < -0.4 is 5.73 Å². The molecule has 0 bridgehead atoms. The molecule has 1 aromatic heterocycles. The molecule has 0 saturated carbocycles. The van der Waals surface area contributed by atoms with Crippen molar-refractivity contribution in [1.82, 2.24) is 9.78 Å². The van der Waals surface area contributed by atoms with E-state index in [1.165, 1.54) is 6.07 Å². The van der Waals surface area contributed by atoms with Crippen molar-refractivity contribution in [3.8, 4) is 0 Å². The molecule has 0 aliphatic rings. The van der Waals surface area contributed by atoms with E-state index in [0.717, 1.165) is 23.2 Å². The van der Waals surface area contributed by atoms with Gasteiger partial charge in [0, 0.05) is 11.4 Å². The molecule has 1 atom stereocenters. The van der Waals surface area contributed by atoms with E-state index in [9.17, 15) is 13.2 Å². The van der Waals surface area contributed by atoms with Crippen molar-refractivity contribution >= 4 is 10.9 Å². The fourth-order valence-electron chi connectivity index (χ4n) is 2.09. The van der Waals surface area contributed by atoms with E-state index in [1.54, 1.807) is 11.6 Å². The van der Waals surface area contributed by atoms with Gasteiger partial charge in [-0.15, -0.1) is 0 Å². The van der Waals surface area contributed by atoms with Gasteiger partial charge in [0.1, 0.15) is 0 Å². The second-order valence-corrected chi connectivity index (χ2v) is 4.69. The van der Waals surface area contributed by atoms with Crippen LogP contribution in [-0.2, 0) is 19.1 Å². The Morgan fingerprint density at radius 2 is 2.05 bits per heavy atom. The monoisotopic (exact) mass is 271 g/mol. The summed E-state index contributed by atoms with van der Waals surface area (Å²) in [4.78, 5) is 0. The molecule has 0 radical (unpaired) electrons. The molecule has 1 heterocycles. The first kappa shape index (κ1) is 13.9. The van der Waals surface area contributed by atoms with E-state index in [4.69, 9.17) is 5.73 Å². The van der Waals surface area contributed by atoms with Gasteiger partial charge in [-0.3, -0.25) is 4.68 Å². The lowest BCUT2D eigenvalue weighted by molar-refractivity contribution is -0.137. The zero-order valence-electron chi connectivity index (χ0n) is 10.8. The first-order chi connectivity index (χ1) is 8.82. The van der Waals surface area contributed by atoms with E-state index >= 15 is 0 Å². The van der Waals surface area contributed by atoms with Crippen LogP contribution in [0.15, 0.2) is 18.2 Å². The Labute approximate surface area is 109 Å². The maximum absolute atomic E-state index is 12.7. The second-order valence-electron chi connectivity index (χ2n) is 4.69. The number of nitrogens with two attached hydrogens (primary N) is 1. The number of hydrogen-bond donors (Lipinski definition) is 1. The summed E-state index contributed by atoms with van der Waals surface area (Å²) in [5.41, 5.74) is 6.33. The van der Waals surface area contributed by atoms with Gasteiger partial charge in [-0.2, -0.15) is 18.3 Å². The van der Waals surface area contributed by atoms with Crippen LogP contribution in [-0.4, -0.2) is 15.8 Å². The van der Waals surface area contributed by atoms with Gasteiger partial charge in [0.25, 0.3) is 0 Å². The van der Waals surface area contributed by atoms with E-state index in [0.29, 0.717) is 18.5 Å². The van der Waals surface area contributed by atoms with Gasteiger partial charge in [-0.25, -0.2) is 0 Å². The van der Waals surface area contributed by atoms with Crippen LogP contribution in [0.1, 0.15) is 25.1 Å². The van der Waals surface area contributed by atoms with E-state index in [1.807, 2.05) is 6.92 Å². The lowest BCUT2D eigenvalue weighted by Crippen LogP contribution is -2.22. The molecule has 0 aliphatic heterocycles. The molecule has 19 heavy (non-hydrogen) atoms. The number of alkyl halides is 3. The van der Waals surface area contributed by atoms with Crippen molar-refractivity contribution in [1.29, 1.82) is 0 Å². The van der Waals surface area contributed by atoms with Crippen molar-refractivity contribution < 1.29 is 13.2 Å². The van der Waals surface area contributed by atoms with E-state index < -0.39 is 11.7 Å². The minimum absolute atomic E-state index is 0.164.